The third-order valence-electron chi connectivity index (χ3n) is 3.56. The number of aromatic nitrogens is 1. The molecule has 5 nitrogen and oxygen atoms in total. The van der Waals surface area contributed by atoms with Gasteiger partial charge in [0.25, 0.3) is 0 Å². The lowest BCUT2D eigenvalue weighted by Crippen LogP contribution is -2.14. The Morgan fingerprint density at radius 2 is 2.14 bits per heavy atom. The quantitative estimate of drug-likeness (QED) is 0.468. The molecule has 6 heteroatoms. The molecule has 3 aromatic rings. The van der Waals surface area contributed by atoms with Crippen molar-refractivity contribution in [2.45, 2.75) is 45.0 Å². The number of rotatable bonds is 9. The lowest BCUT2D eigenvalue weighted by Gasteiger charge is -2.11. The number of amides is 1. The Morgan fingerprint density at radius 1 is 1.34 bits per heavy atom. The molecule has 0 saturated heterocycles. The van der Waals surface area contributed by atoms with Crippen LogP contribution in [-0.4, -0.2) is 16.0 Å². The Bertz CT molecular complexity index is 1500. The molecule has 3 rings (SSSR count). The summed E-state index contributed by atoms with van der Waals surface area (Å²) in [5.74, 6) is -1.34. The second-order valence-electron chi connectivity index (χ2n) is 5.88. The van der Waals surface area contributed by atoms with E-state index in [0.29, 0.717) is 0 Å². The van der Waals surface area contributed by atoms with E-state index in [4.69, 9.17) is 23.6 Å². The van der Waals surface area contributed by atoms with Crippen LogP contribution >= 0.6 is 11.3 Å². The van der Waals surface area contributed by atoms with Crippen molar-refractivity contribution in [3.8, 4) is 0 Å². The van der Waals surface area contributed by atoms with Gasteiger partial charge in [0.1, 0.15) is 0 Å². The number of aliphatic hydroxyl groups is 1. The van der Waals surface area contributed by atoms with E-state index in [9.17, 15) is 9.90 Å². The Labute approximate surface area is 193 Å². The summed E-state index contributed by atoms with van der Waals surface area (Å²) in [5, 5.41) is 14.0. The molecule has 0 bridgehead atoms. The van der Waals surface area contributed by atoms with Crippen LogP contribution in [0.25, 0.3) is 0 Å². The number of nitrogens with zero attached hydrogens (tertiary/aromatic N) is 1. The summed E-state index contributed by atoms with van der Waals surface area (Å²) in [4.78, 5) is 16.4. The number of thiazole rings is 1. The summed E-state index contributed by atoms with van der Waals surface area (Å²) in [6, 6.07) is -5.42. The predicted octanol–water partition coefficient (Wildman–Crippen LogP) is 4.66. The highest BCUT2D eigenvalue weighted by Crippen LogP contribution is 2.21. The van der Waals surface area contributed by atoms with E-state index >= 15 is 0 Å². The zero-order chi connectivity index (χ0) is 32.1. The zero-order valence-electron chi connectivity index (χ0n) is 28.5. The van der Waals surface area contributed by atoms with Gasteiger partial charge in [-0.15, -0.1) is 11.3 Å². The molecule has 0 fully saturated rings. The molecule has 0 aliphatic rings. The molecule has 1 atom stereocenters. The highest BCUT2D eigenvalue weighted by atomic mass is 32.1. The fourth-order valence-corrected chi connectivity index (χ4v) is 2.74. The maximum Gasteiger partial charge on any atom is 0.230 e. The summed E-state index contributed by atoms with van der Waals surface area (Å²) in [7, 11) is 0. The Hall–Kier alpha value is -2.70. The number of hydrogen-bond donors (Lipinski definition) is 3. The second-order valence-corrected chi connectivity index (χ2v) is 6.77. The first-order valence-corrected chi connectivity index (χ1v) is 9.48. The summed E-state index contributed by atoms with van der Waals surface area (Å²) < 4.78 is 107. The molecule has 0 saturated carbocycles. The molecular formula is C23H27N3O2S. The first kappa shape index (κ1) is 9.87. The Kier molecular flexibility index (Phi) is 3.47. The van der Waals surface area contributed by atoms with Crippen LogP contribution in [0.4, 0.5) is 10.8 Å². The molecule has 0 aliphatic carbocycles. The number of benzene rings is 2. The Balaban J connectivity index is 1.88. The topological polar surface area (TPSA) is 88.2 Å². The molecule has 0 spiro atoms. The zero-order valence-corrected chi connectivity index (χ0v) is 16.3. The molecule has 1 aromatic heterocycles. The van der Waals surface area contributed by atoms with Crippen molar-refractivity contribution >= 4 is 28.1 Å². The van der Waals surface area contributed by atoms with Crippen molar-refractivity contribution in [3.05, 3.63) is 76.1 Å². The van der Waals surface area contributed by atoms with E-state index in [2.05, 4.69) is 4.98 Å². The van der Waals surface area contributed by atoms with Gasteiger partial charge in [0.15, 0.2) is 5.13 Å². The maximum atomic E-state index is 12.7. The molecule has 1 amide bonds. The van der Waals surface area contributed by atoms with Crippen LogP contribution in [0, 0.1) is 6.92 Å². The highest BCUT2D eigenvalue weighted by Gasteiger charge is 2.08. The number of nitrogens with two attached hydrogens (primary N) is 1. The first-order chi connectivity index (χ1) is 19.2. The minimum atomic E-state index is -2.74. The van der Waals surface area contributed by atoms with Gasteiger partial charge in [0.05, 0.1) is 30.5 Å². The van der Waals surface area contributed by atoms with E-state index in [1.165, 1.54) is 12.3 Å². The fraction of sp³-hybridized carbons (Fsp3) is 0.304. The highest BCUT2D eigenvalue weighted by molar-refractivity contribution is 7.13. The van der Waals surface area contributed by atoms with Gasteiger partial charge in [-0.3, -0.25) is 4.79 Å². The van der Waals surface area contributed by atoms with Crippen LogP contribution in [0.1, 0.15) is 65.5 Å². The predicted molar refractivity (Wildman–Crippen MR) is 119 cm³/mol. The van der Waals surface area contributed by atoms with Crippen molar-refractivity contribution in [1.29, 1.82) is 0 Å². The van der Waals surface area contributed by atoms with E-state index < -0.39 is 96.7 Å². The summed E-state index contributed by atoms with van der Waals surface area (Å²) in [6.07, 6.45) is -9.20. The molecule has 0 radical (unpaired) electrons. The van der Waals surface area contributed by atoms with E-state index in [1.807, 2.05) is 5.32 Å². The van der Waals surface area contributed by atoms with Crippen LogP contribution in [0.5, 0.6) is 0 Å². The molecule has 0 unspecified atom stereocenters. The largest absolute Gasteiger partial charge is 0.388 e. The fourth-order valence-electron chi connectivity index (χ4n) is 2.25. The standard InChI is InChI=1S/C23H27N3O2S/c1-16-5-4-7-18(13-16)21(27)8-3-2-6-17-9-11-19(12-10-17)25-22(28)14-20-15-29-23(24)26-20/h4-5,7,9-13,15,21,27H,2-3,6,8,14H2,1H3,(H2,24,26)(H,25,28)/t21-/m0/s1/i4D,5D,6D2,7D,9D,10D,11D,12D,13D,14D2,21D. The smallest absolute Gasteiger partial charge is 0.230 e. The van der Waals surface area contributed by atoms with Crippen LogP contribution in [0.15, 0.2) is 53.7 Å². The summed E-state index contributed by atoms with van der Waals surface area (Å²) in [6.45, 7) is 1.35. The number of nitrogens with one attached hydrogen (secondary N) is 1. The van der Waals surface area contributed by atoms with Gasteiger partial charge in [-0.05, 0) is 49.4 Å². The van der Waals surface area contributed by atoms with E-state index in [1.54, 1.807) is 0 Å². The third kappa shape index (κ3) is 6.69. The lowest BCUT2D eigenvalue weighted by molar-refractivity contribution is -0.115. The van der Waals surface area contributed by atoms with Gasteiger partial charge >= 0.3 is 0 Å². The average molecular weight is 423 g/mol. The molecule has 2 aromatic carbocycles. The first-order valence-electron chi connectivity index (χ1n) is 15.1. The maximum absolute atomic E-state index is 12.7. The third-order valence-corrected chi connectivity index (χ3v) is 4.23. The number of anilines is 2. The van der Waals surface area contributed by atoms with Crippen LogP contribution in [-0.2, 0) is 17.5 Å². The second kappa shape index (κ2) is 10.2. The van der Waals surface area contributed by atoms with Gasteiger partial charge in [0, 0.05) is 16.6 Å². The molecule has 1 heterocycles. The van der Waals surface area contributed by atoms with Crippen LogP contribution < -0.4 is 11.1 Å². The van der Waals surface area contributed by atoms with Crippen LogP contribution in [0.3, 0.4) is 0 Å². The molecule has 4 N–H and O–H groups in total. The molecule has 29 heavy (non-hydrogen) atoms. The van der Waals surface area contributed by atoms with E-state index in [0.717, 1.165) is 11.3 Å². The number of hydrogen-bond acceptors (Lipinski definition) is 5. The van der Waals surface area contributed by atoms with Crippen molar-refractivity contribution in [2.24, 2.45) is 0 Å². The van der Waals surface area contributed by atoms with Crippen molar-refractivity contribution in [3.63, 3.8) is 0 Å². The summed E-state index contributed by atoms with van der Waals surface area (Å²) >= 11 is 0.889. The van der Waals surface area contributed by atoms with E-state index in [-0.39, 0.29) is 28.9 Å². The number of nitrogen functional groups attached to an aromatic ring is 1. The van der Waals surface area contributed by atoms with Gasteiger partial charge in [-0.25, -0.2) is 4.98 Å². The molecule has 152 valence electrons. The molecule has 0 aliphatic heterocycles. The molecular weight excluding hydrogens is 382 g/mol. The average Bonchev–Trinajstić information content (AvgIpc) is 3.34. The van der Waals surface area contributed by atoms with Crippen molar-refractivity contribution < 1.29 is 27.7 Å². The minimum Gasteiger partial charge on any atom is -0.388 e. The van der Waals surface area contributed by atoms with Gasteiger partial charge in [0.2, 0.25) is 5.91 Å². The van der Waals surface area contributed by atoms with Gasteiger partial charge < -0.3 is 16.2 Å². The monoisotopic (exact) mass is 422 g/mol. The van der Waals surface area contributed by atoms with Crippen molar-refractivity contribution in [2.75, 3.05) is 11.1 Å². The van der Waals surface area contributed by atoms with Crippen LogP contribution in [0.2, 0.25) is 0 Å². The lowest BCUT2D eigenvalue weighted by atomic mass is 10.00. The minimum absolute atomic E-state index is 0.00338. The number of carbonyl (C=O) groups excluding carboxylic acids is 1. The SMILES string of the molecule is [2H]c1c([2H])c(C)c([2H])c([C@@]([2H])(O)CCCC([2H])([2H])c2c([2H])c([2H])c(NC(=O)C([2H])([2H])c3csc(N)n3)c([2H])c2[2H])c1[2H]. The normalized spacial score (nSPS) is 20.4. The van der Waals surface area contributed by atoms with Crippen molar-refractivity contribution in [1.82, 2.24) is 4.98 Å². The van der Waals surface area contributed by atoms with Gasteiger partial charge in [-0.1, -0.05) is 48.2 Å². The Morgan fingerprint density at radius 3 is 2.86 bits per heavy atom. The number of carbonyl (C=O) groups is 1. The summed E-state index contributed by atoms with van der Waals surface area (Å²) in [5.41, 5.74) is 3.33. The van der Waals surface area contributed by atoms with Gasteiger partial charge in [-0.2, -0.15) is 0 Å².